The molecule has 0 aliphatic heterocycles. The van der Waals surface area contributed by atoms with E-state index in [0.717, 1.165) is 70.6 Å². The summed E-state index contributed by atoms with van der Waals surface area (Å²) in [4.78, 5) is 40.1. The number of phosphoric acid groups is 1. The minimum absolute atomic E-state index is 0.0200. The van der Waals surface area contributed by atoms with E-state index >= 15 is 0 Å². The Morgan fingerprint density at radius 2 is 0.735 bits per heavy atom. The third-order valence-electron chi connectivity index (χ3n) is 16.3. The summed E-state index contributed by atoms with van der Waals surface area (Å²) < 4.78 is 30.4. The highest BCUT2D eigenvalue weighted by Crippen LogP contribution is 2.38. The standard InChI is InChI=1S/C73H139N2O7P/c1-7-10-13-16-19-22-25-27-29-31-33-34-35-36-37-38-39-40-42-44-46-48-51-54-57-60-63-66-73(77)82-71(64-61-58-55-52-49-24-21-18-15-12-9-3)70(69-81-83(78,79)80-68-67-75(4,5)6)74-72(76)65-62-59-56-53-50-47-45-43-41-32-30-28-26-23-20-17-14-11-8-2/h19,22,27,29,33-34,61,64,70-71H,7-18,20-21,23-26,28,30-32,35-60,62-63,65-69H2,1-6H3,(H-,74,76,78,79)/b22-19-,29-27-,34-33-,64-61+. The van der Waals surface area contributed by atoms with E-state index in [1.807, 2.05) is 33.3 Å². The van der Waals surface area contributed by atoms with Crippen LogP contribution in [0.15, 0.2) is 48.6 Å². The van der Waals surface area contributed by atoms with Gasteiger partial charge in [-0.25, -0.2) is 0 Å². The summed E-state index contributed by atoms with van der Waals surface area (Å²) in [5, 5.41) is 3.05. The van der Waals surface area contributed by atoms with Crippen molar-refractivity contribution in [2.45, 2.75) is 367 Å². The molecule has 0 radical (unpaired) electrons. The number of esters is 1. The maximum atomic E-state index is 13.6. The summed E-state index contributed by atoms with van der Waals surface area (Å²) >= 11 is 0. The van der Waals surface area contributed by atoms with Crippen LogP contribution in [0.5, 0.6) is 0 Å². The molecular weight excluding hydrogens is 1050 g/mol. The largest absolute Gasteiger partial charge is 0.756 e. The van der Waals surface area contributed by atoms with Crippen LogP contribution in [0, 0.1) is 0 Å². The molecule has 0 aliphatic carbocycles. The average Bonchev–Trinajstić information content (AvgIpc) is 3.51. The van der Waals surface area contributed by atoms with Crippen LogP contribution in [0.3, 0.4) is 0 Å². The Bertz CT molecular complexity index is 1560. The molecule has 9 nitrogen and oxygen atoms in total. The molecule has 0 saturated carbocycles. The number of hydrogen-bond donors (Lipinski definition) is 1. The molecule has 1 amide bonds. The van der Waals surface area contributed by atoms with Gasteiger partial charge < -0.3 is 28.5 Å². The number of rotatable bonds is 66. The van der Waals surface area contributed by atoms with E-state index in [4.69, 9.17) is 13.8 Å². The van der Waals surface area contributed by atoms with Gasteiger partial charge in [0, 0.05) is 12.8 Å². The van der Waals surface area contributed by atoms with Crippen molar-refractivity contribution in [2.24, 2.45) is 0 Å². The van der Waals surface area contributed by atoms with Crippen LogP contribution in [0.4, 0.5) is 0 Å². The summed E-state index contributed by atoms with van der Waals surface area (Å²) in [5.41, 5.74) is 0. The van der Waals surface area contributed by atoms with Gasteiger partial charge in [0.1, 0.15) is 19.3 Å². The molecule has 0 heterocycles. The van der Waals surface area contributed by atoms with Gasteiger partial charge in [0.15, 0.2) is 0 Å². The van der Waals surface area contributed by atoms with Crippen LogP contribution in [0.2, 0.25) is 0 Å². The second kappa shape index (κ2) is 63.0. The third-order valence-corrected chi connectivity index (χ3v) is 17.2. The minimum Gasteiger partial charge on any atom is -0.756 e. The number of ether oxygens (including phenoxy) is 1. The third kappa shape index (κ3) is 64.3. The van der Waals surface area contributed by atoms with Crippen molar-refractivity contribution in [1.29, 1.82) is 0 Å². The van der Waals surface area contributed by atoms with Crippen LogP contribution < -0.4 is 10.2 Å². The predicted octanol–water partition coefficient (Wildman–Crippen LogP) is 22.2. The second-order valence-electron chi connectivity index (χ2n) is 25.7. The molecule has 3 atom stereocenters. The number of likely N-dealkylation sites (N-methyl/N-ethyl adjacent to an activating group) is 1. The van der Waals surface area contributed by atoms with Gasteiger partial charge in [-0.2, -0.15) is 0 Å². The van der Waals surface area contributed by atoms with Gasteiger partial charge in [-0.3, -0.25) is 14.2 Å². The van der Waals surface area contributed by atoms with Gasteiger partial charge in [-0.05, 0) is 70.3 Å². The smallest absolute Gasteiger partial charge is 0.306 e. The number of hydrogen-bond acceptors (Lipinski definition) is 7. The first kappa shape index (κ1) is 81.0. The Hall–Kier alpha value is -2.03. The number of carbonyl (C=O) groups excluding carboxylic acids is 2. The highest BCUT2D eigenvalue weighted by molar-refractivity contribution is 7.45. The Labute approximate surface area is 516 Å². The highest BCUT2D eigenvalue weighted by Gasteiger charge is 2.27. The number of amides is 1. The first-order chi connectivity index (χ1) is 40.4. The van der Waals surface area contributed by atoms with E-state index in [1.54, 1.807) is 0 Å². The van der Waals surface area contributed by atoms with Crippen molar-refractivity contribution in [3.05, 3.63) is 48.6 Å². The van der Waals surface area contributed by atoms with Crippen molar-refractivity contribution in [1.82, 2.24) is 5.32 Å². The van der Waals surface area contributed by atoms with E-state index in [2.05, 4.69) is 62.5 Å². The molecule has 488 valence electrons. The molecule has 83 heavy (non-hydrogen) atoms. The number of nitrogens with zero attached hydrogens (tertiary/aromatic N) is 1. The van der Waals surface area contributed by atoms with Crippen molar-refractivity contribution in [2.75, 3.05) is 40.9 Å². The van der Waals surface area contributed by atoms with Crippen molar-refractivity contribution in [3.8, 4) is 0 Å². The van der Waals surface area contributed by atoms with Crippen LogP contribution in [0.1, 0.15) is 355 Å². The zero-order chi connectivity index (χ0) is 60.7. The number of quaternary nitrogens is 1. The lowest BCUT2D eigenvalue weighted by Gasteiger charge is -2.30. The minimum atomic E-state index is -4.70. The SMILES string of the molecule is CCCCC/C=C\C/C=C\C/C=C\CCCCCCCCCCCCCCCCC(=O)OC(/C=C/CCCCCCCCCCC)C(COP(=O)([O-])OCC[N+](C)(C)C)NC(=O)CCCCCCCCCCCCCCCCCCCCC. The zero-order valence-corrected chi connectivity index (χ0v) is 56.8. The van der Waals surface area contributed by atoms with Gasteiger partial charge in [0.05, 0.1) is 33.8 Å². The van der Waals surface area contributed by atoms with Crippen LogP contribution in [0.25, 0.3) is 0 Å². The monoisotopic (exact) mass is 1190 g/mol. The Morgan fingerprint density at radius 1 is 0.422 bits per heavy atom. The topological polar surface area (TPSA) is 114 Å². The van der Waals surface area contributed by atoms with Crippen molar-refractivity contribution < 1.29 is 37.3 Å². The Balaban J connectivity index is 4.96. The number of phosphoric ester groups is 1. The Morgan fingerprint density at radius 3 is 1.12 bits per heavy atom. The van der Waals surface area contributed by atoms with E-state index in [0.29, 0.717) is 17.4 Å². The highest BCUT2D eigenvalue weighted by atomic mass is 31.2. The summed E-state index contributed by atoms with van der Waals surface area (Å²) in [7, 11) is 1.20. The molecule has 0 saturated heterocycles. The van der Waals surface area contributed by atoms with E-state index < -0.39 is 20.0 Å². The summed E-state index contributed by atoms with van der Waals surface area (Å²) in [5.74, 6) is -0.524. The van der Waals surface area contributed by atoms with Gasteiger partial charge in [-0.15, -0.1) is 0 Å². The van der Waals surface area contributed by atoms with Crippen LogP contribution >= 0.6 is 7.82 Å². The fourth-order valence-electron chi connectivity index (χ4n) is 10.7. The summed E-state index contributed by atoms with van der Waals surface area (Å²) in [6.07, 6.45) is 79.5. The Kier molecular flexibility index (Phi) is 61.5. The van der Waals surface area contributed by atoms with Crippen molar-refractivity contribution in [3.63, 3.8) is 0 Å². The first-order valence-electron chi connectivity index (χ1n) is 35.9. The molecule has 1 N–H and O–H groups in total. The lowest BCUT2D eigenvalue weighted by atomic mass is 10.0. The van der Waals surface area contributed by atoms with E-state index in [1.165, 1.54) is 250 Å². The molecule has 3 unspecified atom stereocenters. The predicted molar refractivity (Wildman–Crippen MR) is 358 cm³/mol. The lowest BCUT2D eigenvalue weighted by Crippen LogP contribution is -2.47. The maximum Gasteiger partial charge on any atom is 0.306 e. The fraction of sp³-hybridized carbons (Fsp3) is 0.863. The quantitative estimate of drug-likeness (QED) is 0.0212. The zero-order valence-electron chi connectivity index (χ0n) is 55.9. The molecule has 0 spiro atoms. The van der Waals surface area contributed by atoms with Crippen LogP contribution in [-0.4, -0.2) is 69.4 Å². The van der Waals surface area contributed by atoms with E-state index in [-0.39, 0.29) is 31.5 Å². The van der Waals surface area contributed by atoms with Gasteiger partial charge in [0.2, 0.25) is 5.91 Å². The number of allylic oxidation sites excluding steroid dienone is 7. The van der Waals surface area contributed by atoms with Gasteiger partial charge in [-0.1, -0.05) is 320 Å². The molecule has 0 fully saturated rings. The number of nitrogens with one attached hydrogen (secondary N) is 1. The normalized spacial score (nSPS) is 13.8. The summed E-state index contributed by atoms with van der Waals surface area (Å²) in [6.45, 7) is 6.87. The van der Waals surface area contributed by atoms with Crippen LogP contribution in [-0.2, 0) is 27.9 Å². The molecule has 0 aromatic rings. The molecule has 0 bridgehead atoms. The van der Waals surface area contributed by atoms with Gasteiger partial charge in [0.25, 0.3) is 7.82 Å². The van der Waals surface area contributed by atoms with Crippen molar-refractivity contribution >= 4 is 19.7 Å². The molecule has 0 aliphatic rings. The molecule has 0 aromatic carbocycles. The molecule has 0 aromatic heterocycles. The first-order valence-corrected chi connectivity index (χ1v) is 37.4. The fourth-order valence-corrected chi connectivity index (χ4v) is 11.4. The second-order valence-corrected chi connectivity index (χ2v) is 27.2. The molecule has 10 heteroatoms. The van der Waals surface area contributed by atoms with Gasteiger partial charge >= 0.3 is 5.97 Å². The molecular formula is C73H139N2O7P. The average molecular weight is 1190 g/mol. The lowest BCUT2D eigenvalue weighted by molar-refractivity contribution is -0.870. The molecule has 0 rings (SSSR count). The number of unbranched alkanes of at least 4 members (excludes halogenated alkanes) is 44. The van der Waals surface area contributed by atoms with E-state index in [9.17, 15) is 19.0 Å². The number of carbonyl (C=O) groups is 2. The summed E-state index contributed by atoms with van der Waals surface area (Å²) in [6, 6.07) is -0.886. The maximum absolute atomic E-state index is 13.6.